The molecule has 1 heterocycles. The highest BCUT2D eigenvalue weighted by Gasteiger charge is 2.28. The zero-order chi connectivity index (χ0) is 8.72. The van der Waals surface area contributed by atoms with Crippen LogP contribution in [0, 0.1) is 5.82 Å². The first-order valence-corrected chi connectivity index (χ1v) is 3.90. The number of hydrogen-bond acceptors (Lipinski definition) is 3. The van der Waals surface area contributed by atoms with Crippen LogP contribution in [-0.4, -0.2) is 5.50 Å². The van der Waals surface area contributed by atoms with E-state index in [0.717, 1.165) is 0 Å². The molecule has 0 fully saturated rings. The maximum atomic E-state index is 13.0. The molecule has 2 nitrogen and oxygen atoms in total. The third-order valence-electron chi connectivity index (χ3n) is 1.70. The number of rotatable bonds is 0. The first-order valence-electron chi connectivity index (χ1n) is 3.38. The second-order valence-corrected chi connectivity index (χ2v) is 2.95. The summed E-state index contributed by atoms with van der Waals surface area (Å²) in [7, 11) is 0. The second-order valence-electron chi connectivity index (χ2n) is 2.47. The summed E-state index contributed by atoms with van der Waals surface area (Å²) in [5.74, 6) is -0.584. The van der Waals surface area contributed by atoms with E-state index in [1.165, 1.54) is 12.1 Å². The summed E-state index contributed by atoms with van der Waals surface area (Å²) in [6.07, 6.45) is 0. The highest BCUT2D eigenvalue weighted by Crippen LogP contribution is 2.37. The van der Waals surface area contributed by atoms with Crippen LogP contribution in [0.2, 0.25) is 0 Å². The molecule has 0 aromatic heterocycles. The van der Waals surface area contributed by atoms with E-state index in [4.69, 9.17) is 0 Å². The SMILES string of the molecule is Fc1cccc2c1N(F)C(S)N2. The lowest BCUT2D eigenvalue weighted by atomic mass is 10.3. The highest BCUT2D eigenvalue weighted by atomic mass is 32.1. The van der Waals surface area contributed by atoms with Gasteiger partial charge in [0.25, 0.3) is 0 Å². The molecule has 0 saturated heterocycles. The van der Waals surface area contributed by atoms with Crippen LogP contribution in [0.1, 0.15) is 0 Å². The Morgan fingerprint density at radius 2 is 2.25 bits per heavy atom. The van der Waals surface area contributed by atoms with E-state index in [1.54, 1.807) is 6.07 Å². The van der Waals surface area contributed by atoms with Crippen LogP contribution in [0.15, 0.2) is 18.2 Å². The smallest absolute Gasteiger partial charge is 0.175 e. The van der Waals surface area contributed by atoms with Crippen LogP contribution in [0.3, 0.4) is 0 Å². The van der Waals surface area contributed by atoms with Crippen LogP contribution in [0.25, 0.3) is 0 Å². The molecule has 0 amide bonds. The minimum absolute atomic E-state index is 0.0718. The topological polar surface area (TPSA) is 15.3 Å². The number of thiol groups is 1. The summed E-state index contributed by atoms with van der Waals surface area (Å²) in [4.78, 5) is 0. The van der Waals surface area contributed by atoms with E-state index in [-0.39, 0.29) is 10.8 Å². The molecule has 12 heavy (non-hydrogen) atoms. The van der Waals surface area contributed by atoms with Crippen molar-refractivity contribution >= 4 is 24.0 Å². The molecular formula is C7H6F2N2S. The van der Waals surface area contributed by atoms with Crippen molar-refractivity contribution in [3.8, 4) is 0 Å². The number of hydrogen-bond donors (Lipinski definition) is 2. The fourth-order valence-electron chi connectivity index (χ4n) is 1.17. The van der Waals surface area contributed by atoms with Crippen LogP contribution >= 0.6 is 12.6 Å². The van der Waals surface area contributed by atoms with Gasteiger partial charge in [0.2, 0.25) is 0 Å². The van der Waals surface area contributed by atoms with E-state index < -0.39 is 11.3 Å². The van der Waals surface area contributed by atoms with Crippen LogP contribution in [-0.2, 0) is 0 Å². The molecule has 0 saturated carbocycles. The van der Waals surface area contributed by atoms with Crippen LogP contribution in [0.4, 0.5) is 20.2 Å². The lowest BCUT2D eigenvalue weighted by Crippen LogP contribution is -2.22. The summed E-state index contributed by atoms with van der Waals surface area (Å²) >= 11 is 3.85. The van der Waals surface area contributed by atoms with Gasteiger partial charge in [-0.15, -0.1) is 12.6 Å². The number of para-hydroxylation sites is 1. The maximum absolute atomic E-state index is 13.0. The first-order chi connectivity index (χ1) is 5.70. The molecule has 1 aromatic rings. The van der Waals surface area contributed by atoms with Gasteiger partial charge < -0.3 is 5.32 Å². The van der Waals surface area contributed by atoms with E-state index in [1.807, 2.05) is 0 Å². The summed E-state index contributed by atoms with van der Waals surface area (Å²) < 4.78 is 26.0. The van der Waals surface area contributed by atoms with Crippen molar-refractivity contribution in [2.24, 2.45) is 0 Å². The normalized spacial score (nSPS) is 20.6. The van der Waals surface area contributed by atoms with Gasteiger partial charge in [-0.2, -0.15) is 5.12 Å². The molecule has 5 heteroatoms. The molecule has 0 bridgehead atoms. The van der Waals surface area contributed by atoms with Crippen molar-refractivity contribution < 1.29 is 8.87 Å². The third kappa shape index (κ3) is 0.929. The lowest BCUT2D eigenvalue weighted by molar-refractivity contribution is 0.436. The lowest BCUT2D eigenvalue weighted by Gasteiger charge is -2.10. The van der Waals surface area contributed by atoms with Gasteiger partial charge in [-0.25, -0.2) is 4.39 Å². The average Bonchev–Trinajstić information content (AvgIpc) is 2.29. The van der Waals surface area contributed by atoms with Gasteiger partial charge >= 0.3 is 0 Å². The molecular weight excluding hydrogens is 182 g/mol. The summed E-state index contributed by atoms with van der Waals surface area (Å²) in [6, 6.07) is 4.32. The van der Waals surface area contributed by atoms with Crippen molar-refractivity contribution in [1.82, 2.24) is 0 Å². The first kappa shape index (κ1) is 7.67. The molecule has 64 valence electrons. The number of anilines is 2. The number of nitrogens with zero attached hydrogens (tertiary/aromatic N) is 1. The largest absolute Gasteiger partial charge is 0.353 e. The Morgan fingerprint density at radius 3 is 2.92 bits per heavy atom. The molecule has 1 aromatic carbocycles. The molecule has 2 rings (SSSR count). The fourth-order valence-corrected chi connectivity index (χ4v) is 1.42. The Kier molecular flexibility index (Phi) is 1.61. The molecule has 1 unspecified atom stereocenters. The number of halogens is 2. The Labute approximate surface area is 73.5 Å². The van der Waals surface area contributed by atoms with E-state index in [0.29, 0.717) is 5.69 Å². The van der Waals surface area contributed by atoms with E-state index in [9.17, 15) is 8.87 Å². The van der Waals surface area contributed by atoms with Gasteiger partial charge in [0.1, 0.15) is 5.69 Å². The van der Waals surface area contributed by atoms with Crippen molar-refractivity contribution in [2.45, 2.75) is 5.50 Å². The zero-order valence-electron chi connectivity index (χ0n) is 5.96. The second kappa shape index (κ2) is 2.52. The summed E-state index contributed by atoms with van der Waals surface area (Å²) in [6.45, 7) is 0. The van der Waals surface area contributed by atoms with E-state index in [2.05, 4.69) is 17.9 Å². The van der Waals surface area contributed by atoms with Gasteiger partial charge in [-0.05, 0) is 12.1 Å². The Bertz CT molecular complexity index is 318. The maximum Gasteiger partial charge on any atom is 0.175 e. The van der Waals surface area contributed by atoms with Crippen molar-refractivity contribution in [2.75, 3.05) is 10.4 Å². The summed E-state index contributed by atoms with van der Waals surface area (Å²) in [5.41, 5.74) is -0.438. The van der Waals surface area contributed by atoms with Gasteiger partial charge in [0.15, 0.2) is 11.3 Å². The quantitative estimate of drug-likeness (QED) is 0.479. The van der Waals surface area contributed by atoms with Gasteiger partial charge in [-0.1, -0.05) is 10.5 Å². The molecule has 1 atom stereocenters. The predicted octanol–water partition coefficient (Wildman–Crippen LogP) is 2.16. The summed E-state index contributed by atoms with van der Waals surface area (Å²) in [5, 5.41) is 2.92. The molecule has 0 spiro atoms. The van der Waals surface area contributed by atoms with Crippen molar-refractivity contribution in [1.29, 1.82) is 0 Å². The third-order valence-corrected chi connectivity index (χ3v) is 2.03. The molecule has 1 aliphatic heterocycles. The average molecular weight is 188 g/mol. The van der Waals surface area contributed by atoms with Crippen LogP contribution in [0.5, 0.6) is 0 Å². The number of nitrogens with one attached hydrogen (secondary N) is 1. The number of benzene rings is 1. The standard InChI is InChI=1S/C7H6F2N2S/c8-4-2-1-3-5-6(4)11(9)7(12)10-5/h1-3,7,10,12H. The Balaban J connectivity index is 2.55. The molecule has 1 N–H and O–H groups in total. The van der Waals surface area contributed by atoms with Gasteiger partial charge in [0.05, 0.1) is 5.69 Å². The highest BCUT2D eigenvalue weighted by molar-refractivity contribution is 7.81. The van der Waals surface area contributed by atoms with Gasteiger partial charge in [0, 0.05) is 0 Å². The molecule has 0 aliphatic carbocycles. The van der Waals surface area contributed by atoms with Crippen LogP contribution < -0.4 is 10.4 Å². The van der Waals surface area contributed by atoms with Crippen molar-refractivity contribution in [3.63, 3.8) is 0 Å². The Morgan fingerprint density at radius 1 is 1.50 bits per heavy atom. The minimum atomic E-state index is -0.795. The minimum Gasteiger partial charge on any atom is -0.353 e. The molecule has 0 radical (unpaired) electrons. The fraction of sp³-hybridized carbons (Fsp3) is 0.143. The monoisotopic (exact) mass is 188 g/mol. The molecule has 1 aliphatic rings. The number of fused-ring (bicyclic) bond motifs is 1. The predicted molar refractivity (Wildman–Crippen MR) is 46.4 cm³/mol. The zero-order valence-corrected chi connectivity index (χ0v) is 6.85. The van der Waals surface area contributed by atoms with Gasteiger partial charge in [-0.3, -0.25) is 0 Å². The van der Waals surface area contributed by atoms with E-state index >= 15 is 0 Å². The Hall–Kier alpha value is -0.970. The van der Waals surface area contributed by atoms with Crippen molar-refractivity contribution in [3.05, 3.63) is 24.0 Å².